The average molecular weight is 335 g/mol. The predicted molar refractivity (Wildman–Crippen MR) is 91.0 cm³/mol. The van der Waals surface area contributed by atoms with E-state index in [-0.39, 0.29) is 24.1 Å². The van der Waals surface area contributed by atoms with Crippen LogP contribution in [0.5, 0.6) is 0 Å². The second-order valence-electron chi connectivity index (χ2n) is 6.01. The number of nitrogens with zero attached hydrogens (tertiary/aromatic N) is 3. The van der Waals surface area contributed by atoms with Crippen molar-refractivity contribution in [3.8, 4) is 0 Å². The first kappa shape index (κ1) is 16.0. The number of hydrogen-bond donors (Lipinski definition) is 0. The Morgan fingerprint density at radius 1 is 1.35 bits per heavy atom. The van der Waals surface area contributed by atoms with Crippen LogP contribution in [-0.2, 0) is 18.4 Å². The minimum atomic E-state index is -0.431. The van der Waals surface area contributed by atoms with E-state index < -0.39 is 5.69 Å². The Bertz CT molecular complexity index is 848. The van der Waals surface area contributed by atoms with Gasteiger partial charge in [-0.1, -0.05) is 6.92 Å². The van der Waals surface area contributed by atoms with Crippen molar-refractivity contribution in [1.82, 2.24) is 14.0 Å². The van der Waals surface area contributed by atoms with Crippen molar-refractivity contribution in [2.75, 3.05) is 6.54 Å². The van der Waals surface area contributed by atoms with Gasteiger partial charge in [0, 0.05) is 19.6 Å². The van der Waals surface area contributed by atoms with Gasteiger partial charge in [0.2, 0.25) is 5.91 Å². The lowest BCUT2D eigenvalue weighted by Crippen LogP contribution is -2.47. The van der Waals surface area contributed by atoms with E-state index in [4.69, 9.17) is 0 Å². The first-order valence-electron chi connectivity index (χ1n) is 8.01. The van der Waals surface area contributed by atoms with Gasteiger partial charge in [-0.15, -0.1) is 11.3 Å². The number of amides is 1. The van der Waals surface area contributed by atoms with Gasteiger partial charge < -0.3 is 4.90 Å². The molecule has 3 rings (SSSR count). The lowest BCUT2D eigenvalue weighted by atomic mass is 10.00. The molecule has 1 aliphatic rings. The van der Waals surface area contributed by atoms with Gasteiger partial charge in [-0.3, -0.25) is 18.7 Å². The molecule has 1 fully saturated rings. The van der Waals surface area contributed by atoms with Gasteiger partial charge in [-0.25, -0.2) is 4.79 Å². The summed E-state index contributed by atoms with van der Waals surface area (Å²) in [5.74, 6) is -0.0372. The lowest BCUT2D eigenvalue weighted by molar-refractivity contribution is -0.135. The minimum absolute atomic E-state index is 0.00329. The molecule has 2 aromatic heterocycles. The van der Waals surface area contributed by atoms with Gasteiger partial charge in [0.15, 0.2) is 0 Å². The monoisotopic (exact) mass is 335 g/mol. The molecule has 0 saturated carbocycles. The number of carbonyl (C=O) groups excluding carboxylic acids is 1. The Kier molecular flexibility index (Phi) is 4.39. The Labute approximate surface area is 138 Å². The molecule has 1 saturated heterocycles. The van der Waals surface area contributed by atoms with Crippen LogP contribution in [0.3, 0.4) is 0 Å². The molecule has 2 aromatic rings. The summed E-state index contributed by atoms with van der Waals surface area (Å²) in [6.07, 6.45) is 4.12. The minimum Gasteiger partial charge on any atom is -0.338 e. The van der Waals surface area contributed by atoms with Crippen LogP contribution in [0.4, 0.5) is 0 Å². The molecular weight excluding hydrogens is 314 g/mol. The Morgan fingerprint density at radius 2 is 2.13 bits per heavy atom. The first-order valence-corrected chi connectivity index (χ1v) is 8.89. The van der Waals surface area contributed by atoms with Crippen LogP contribution >= 0.6 is 11.3 Å². The van der Waals surface area contributed by atoms with Gasteiger partial charge in [0.05, 0.1) is 5.52 Å². The number of likely N-dealkylation sites (tertiary alicyclic amines) is 1. The fourth-order valence-corrected chi connectivity index (χ4v) is 4.20. The summed E-state index contributed by atoms with van der Waals surface area (Å²) in [5, 5.41) is 1.78. The standard InChI is InChI=1S/C16H21N3O3S/c1-3-11-6-4-5-8-18(11)13(20)10-19-12-7-9-23-14(12)15(21)17(2)16(19)22/h7,9,11H,3-6,8,10H2,1-2H3/t11-/m1/s1. The molecule has 0 N–H and O–H groups in total. The van der Waals surface area contributed by atoms with Crippen molar-refractivity contribution in [3.63, 3.8) is 0 Å². The smallest absolute Gasteiger partial charge is 0.331 e. The summed E-state index contributed by atoms with van der Waals surface area (Å²) in [6.45, 7) is 2.84. The van der Waals surface area contributed by atoms with Crippen LogP contribution in [0.1, 0.15) is 32.6 Å². The number of rotatable bonds is 3. The molecule has 0 spiro atoms. The summed E-state index contributed by atoms with van der Waals surface area (Å²) < 4.78 is 3.03. The number of carbonyl (C=O) groups is 1. The van der Waals surface area contributed by atoms with Gasteiger partial charge >= 0.3 is 5.69 Å². The highest BCUT2D eigenvalue weighted by Gasteiger charge is 2.26. The molecule has 0 bridgehead atoms. The molecule has 0 aromatic carbocycles. The predicted octanol–water partition coefficient (Wildman–Crippen LogP) is 1.55. The average Bonchev–Trinajstić information content (AvgIpc) is 3.06. The summed E-state index contributed by atoms with van der Waals surface area (Å²) in [7, 11) is 1.46. The van der Waals surface area contributed by atoms with E-state index in [0.29, 0.717) is 10.2 Å². The molecule has 1 amide bonds. The zero-order valence-corrected chi connectivity index (χ0v) is 14.3. The van der Waals surface area contributed by atoms with Gasteiger partial charge in [-0.05, 0) is 37.1 Å². The van der Waals surface area contributed by atoms with Gasteiger partial charge in [0.25, 0.3) is 5.56 Å². The quantitative estimate of drug-likeness (QED) is 0.855. The normalized spacial score (nSPS) is 18.5. The zero-order chi connectivity index (χ0) is 16.6. The van der Waals surface area contributed by atoms with Crippen molar-refractivity contribution >= 4 is 27.5 Å². The van der Waals surface area contributed by atoms with E-state index in [0.717, 1.165) is 36.8 Å². The molecule has 23 heavy (non-hydrogen) atoms. The molecule has 124 valence electrons. The van der Waals surface area contributed by atoms with Crippen LogP contribution in [0.25, 0.3) is 10.2 Å². The van der Waals surface area contributed by atoms with E-state index >= 15 is 0 Å². The second kappa shape index (κ2) is 6.31. The molecule has 0 radical (unpaired) electrons. The Morgan fingerprint density at radius 3 is 2.87 bits per heavy atom. The third kappa shape index (κ3) is 2.73. The lowest BCUT2D eigenvalue weighted by Gasteiger charge is -2.35. The molecule has 0 aliphatic carbocycles. The number of fused-ring (bicyclic) bond motifs is 1. The Balaban J connectivity index is 1.98. The van der Waals surface area contributed by atoms with Crippen molar-refractivity contribution in [2.45, 2.75) is 45.2 Å². The topological polar surface area (TPSA) is 64.3 Å². The van der Waals surface area contributed by atoms with Crippen LogP contribution < -0.4 is 11.2 Å². The van der Waals surface area contributed by atoms with E-state index in [2.05, 4.69) is 6.92 Å². The molecule has 3 heterocycles. The molecule has 6 nitrogen and oxygen atoms in total. The highest BCUT2D eigenvalue weighted by atomic mass is 32.1. The molecule has 1 atom stereocenters. The van der Waals surface area contributed by atoms with Gasteiger partial charge in [-0.2, -0.15) is 0 Å². The van der Waals surface area contributed by atoms with E-state index in [1.165, 1.54) is 23.0 Å². The number of hydrogen-bond acceptors (Lipinski definition) is 4. The van der Waals surface area contributed by atoms with Crippen LogP contribution in [0, 0.1) is 0 Å². The SMILES string of the molecule is CC[C@@H]1CCCCN1C(=O)Cn1c(=O)n(C)c(=O)c2sccc21. The second-order valence-corrected chi connectivity index (χ2v) is 6.93. The van der Waals surface area contributed by atoms with E-state index in [1.807, 2.05) is 4.90 Å². The third-order valence-electron chi connectivity index (χ3n) is 4.66. The van der Waals surface area contributed by atoms with Crippen LogP contribution in [-0.4, -0.2) is 32.5 Å². The largest absolute Gasteiger partial charge is 0.338 e. The molecule has 7 heteroatoms. The molecule has 0 unspecified atom stereocenters. The zero-order valence-electron chi connectivity index (χ0n) is 13.4. The fraction of sp³-hybridized carbons (Fsp3) is 0.562. The highest BCUT2D eigenvalue weighted by molar-refractivity contribution is 7.17. The van der Waals surface area contributed by atoms with Crippen LogP contribution in [0.2, 0.25) is 0 Å². The summed E-state index contributed by atoms with van der Waals surface area (Å²) in [6, 6.07) is 2.00. The molecule has 1 aliphatic heterocycles. The van der Waals surface area contributed by atoms with Crippen LogP contribution in [0.15, 0.2) is 21.0 Å². The fourth-order valence-electron chi connectivity index (χ4n) is 3.33. The summed E-state index contributed by atoms with van der Waals surface area (Å²) in [4.78, 5) is 39.2. The molecular formula is C16H21N3O3S. The summed E-state index contributed by atoms with van der Waals surface area (Å²) in [5.41, 5.74) is -0.172. The Hall–Kier alpha value is -1.89. The van der Waals surface area contributed by atoms with Crippen molar-refractivity contribution < 1.29 is 4.79 Å². The summed E-state index contributed by atoms with van der Waals surface area (Å²) >= 11 is 1.30. The van der Waals surface area contributed by atoms with E-state index in [1.54, 1.807) is 11.4 Å². The maximum absolute atomic E-state index is 12.7. The van der Waals surface area contributed by atoms with Gasteiger partial charge in [0.1, 0.15) is 11.2 Å². The number of aromatic nitrogens is 2. The van der Waals surface area contributed by atoms with E-state index in [9.17, 15) is 14.4 Å². The number of piperidine rings is 1. The van der Waals surface area contributed by atoms with Crippen molar-refractivity contribution in [3.05, 3.63) is 32.3 Å². The number of thiophene rings is 1. The maximum atomic E-state index is 12.7. The maximum Gasteiger partial charge on any atom is 0.331 e. The highest BCUT2D eigenvalue weighted by Crippen LogP contribution is 2.20. The van der Waals surface area contributed by atoms with Crippen molar-refractivity contribution in [2.24, 2.45) is 7.05 Å². The third-order valence-corrected chi connectivity index (χ3v) is 5.56. The first-order chi connectivity index (χ1) is 11.0. The van der Waals surface area contributed by atoms with Crippen molar-refractivity contribution in [1.29, 1.82) is 0 Å².